The van der Waals surface area contributed by atoms with Gasteiger partial charge in [-0.25, -0.2) is 9.29 Å². The first-order valence-electron chi connectivity index (χ1n) is 9.44. The van der Waals surface area contributed by atoms with Gasteiger partial charge in [-0.05, 0) is 66.9 Å². The maximum absolute atomic E-state index is 13.5. The molecule has 7 heteroatoms. The number of halogens is 3. The number of nitrogens with zero attached hydrogens (tertiary/aromatic N) is 1. The lowest BCUT2D eigenvalue weighted by Crippen LogP contribution is -2.32. The number of imide groups is 1. The van der Waals surface area contributed by atoms with Crippen LogP contribution in [0.1, 0.15) is 16.7 Å². The smallest absolute Gasteiger partial charge is 0.282 e. The maximum Gasteiger partial charge on any atom is 0.282 e. The number of nitrogens with one attached hydrogen (secondary N) is 1. The number of rotatable bonds is 4. The molecule has 156 valence electrons. The van der Waals surface area contributed by atoms with Gasteiger partial charge in [-0.2, -0.15) is 0 Å². The van der Waals surface area contributed by atoms with E-state index in [1.165, 1.54) is 24.3 Å². The topological polar surface area (TPSA) is 49.4 Å². The highest BCUT2D eigenvalue weighted by molar-refractivity contribution is 6.46. The monoisotopic (exact) mass is 454 g/mol. The minimum atomic E-state index is -0.541. The molecule has 0 spiro atoms. The molecule has 3 aromatic carbocycles. The molecule has 0 atom stereocenters. The summed E-state index contributed by atoms with van der Waals surface area (Å²) in [5.74, 6) is -1.51. The van der Waals surface area contributed by atoms with Crippen molar-refractivity contribution < 1.29 is 14.0 Å². The molecular formula is C24H17Cl2FN2O2. The van der Waals surface area contributed by atoms with Crippen LogP contribution in [-0.2, 0) is 9.59 Å². The van der Waals surface area contributed by atoms with Gasteiger partial charge in [0.15, 0.2) is 0 Å². The molecule has 0 bridgehead atoms. The summed E-state index contributed by atoms with van der Waals surface area (Å²) in [4.78, 5) is 27.8. The molecular weight excluding hydrogens is 438 g/mol. The standard InChI is InChI=1S/C24H17Cl2FN2O2/c1-13-3-9-17(11-19(13)25)28-22-21(15-5-7-16(27)8-6-15)23(30)29(24(22)31)18-10-4-14(2)20(26)12-18/h3-12,28H,1-2H3. The number of amides is 2. The van der Waals surface area contributed by atoms with Gasteiger partial charge in [-0.1, -0.05) is 47.5 Å². The van der Waals surface area contributed by atoms with E-state index in [2.05, 4.69) is 5.32 Å². The van der Waals surface area contributed by atoms with Crippen LogP contribution < -0.4 is 10.2 Å². The largest absolute Gasteiger partial charge is 0.350 e. The van der Waals surface area contributed by atoms with Crippen molar-refractivity contribution in [2.24, 2.45) is 0 Å². The molecule has 0 fully saturated rings. The Morgan fingerprint density at radius 2 is 1.42 bits per heavy atom. The number of hydrogen-bond donors (Lipinski definition) is 1. The number of aryl methyl sites for hydroxylation is 2. The van der Waals surface area contributed by atoms with E-state index in [9.17, 15) is 14.0 Å². The van der Waals surface area contributed by atoms with Crippen LogP contribution in [0.5, 0.6) is 0 Å². The van der Waals surface area contributed by atoms with Crippen molar-refractivity contribution in [2.45, 2.75) is 13.8 Å². The second-order valence-electron chi connectivity index (χ2n) is 7.23. The molecule has 0 radical (unpaired) electrons. The lowest BCUT2D eigenvalue weighted by Gasteiger charge is -2.16. The van der Waals surface area contributed by atoms with Crippen molar-refractivity contribution in [1.82, 2.24) is 0 Å². The van der Waals surface area contributed by atoms with Crippen molar-refractivity contribution in [3.05, 3.63) is 98.9 Å². The summed E-state index contributed by atoms with van der Waals surface area (Å²) in [7, 11) is 0. The van der Waals surface area contributed by atoms with Gasteiger partial charge in [0.2, 0.25) is 0 Å². The number of hydrogen-bond acceptors (Lipinski definition) is 3. The fraction of sp³-hybridized carbons (Fsp3) is 0.0833. The third-order valence-electron chi connectivity index (χ3n) is 5.07. The molecule has 0 saturated carbocycles. The summed E-state index contributed by atoms with van der Waals surface area (Å²) in [6.07, 6.45) is 0. The highest BCUT2D eigenvalue weighted by Gasteiger charge is 2.40. The van der Waals surface area contributed by atoms with Crippen LogP contribution >= 0.6 is 23.2 Å². The average Bonchev–Trinajstić information content (AvgIpc) is 2.97. The number of benzene rings is 3. The molecule has 4 nitrogen and oxygen atoms in total. The van der Waals surface area contributed by atoms with E-state index in [0.29, 0.717) is 27.0 Å². The molecule has 31 heavy (non-hydrogen) atoms. The van der Waals surface area contributed by atoms with Gasteiger partial charge >= 0.3 is 0 Å². The van der Waals surface area contributed by atoms with Gasteiger partial charge in [0.05, 0.1) is 11.3 Å². The Morgan fingerprint density at radius 3 is 2.03 bits per heavy atom. The molecule has 1 aliphatic rings. The fourth-order valence-electron chi connectivity index (χ4n) is 3.30. The van der Waals surface area contributed by atoms with Gasteiger partial charge < -0.3 is 5.32 Å². The molecule has 4 rings (SSSR count). The molecule has 3 aromatic rings. The van der Waals surface area contributed by atoms with Crippen LogP contribution in [0.15, 0.2) is 66.4 Å². The Balaban J connectivity index is 1.83. The van der Waals surface area contributed by atoms with Crippen LogP contribution in [0.4, 0.5) is 15.8 Å². The van der Waals surface area contributed by atoms with E-state index >= 15 is 0 Å². The SMILES string of the molecule is Cc1ccc(NC2=C(c3ccc(F)cc3)C(=O)N(c3ccc(C)c(Cl)c3)C2=O)cc1Cl. The zero-order valence-electron chi connectivity index (χ0n) is 16.7. The zero-order chi connectivity index (χ0) is 22.3. The summed E-state index contributed by atoms with van der Waals surface area (Å²) in [5, 5.41) is 3.99. The molecule has 0 unspecified atom stereocenters. The summed E-state index contributed by atoms with van der Waals surface area (Å²) < 4.78 is 13.5. The highest BCUT2D eigenvalue weighted by Crippen LogP contribution is 2.35. The molecule has 0 aromatic heterocycles. The van der Waals surface area contributed by atoms with Crippen LogP contribution in [0.2, 0.25) is 10.0 Å². The second-order valence-corrected chi connectivity index (χ2v) is 8.04. The number of anilines is 2. The van der Waals surface area contributed by atoms with Crippen LogP contribution in [0.25, 0.3) is 5.57 Å². The predicted molar refractivity (Wildman–Crippen MR) is 122 cm³/mol. The Bertz CT molecular complexity index is 1250. The molecule has 1 N–H and O–H groups in total. The number of carbonyl (C=O) groups excluding carboxylic acids is 2. The van der Waals surface area contributed by atoms with Crippen LogP contribution in [-0.4, -0.2) is 11.8 Å². The van der Waals surface area contributed by atoms with Crippen molar-refractivity contribution in [3.63, 3.8) is 0 Å². The zero-order valence-corrected chi connectivity index (χ0v) is 18.2. The van der Waals surface area contributed by atoms with Crippen molar-refractivity contribution in [3.8, 4) is 0 Å². The molecule has 1 aliphatic heterocycles. The molecule has 0 aliphatic carbocycles. The molecule has 1 heterocycles. The van der Waals surface area contributed by atoms with Gasteiger partial charge in [-0.3, -0.25) is 9.59 Å². The average molecular weight is 455 g/mol. The van der Waals surface area contributed by atoms with E-state index in [0.717, 1.165) is 16.0 Å². The van der Waals surface area contributed by atoms with Gasteiger partial charge in [0.1, 0.15) is 11.5 Å². The summed E-state index contributed by atoms with van der Waals surface area (Å²) >= 11 is 12.4. The van der Waals surface area contributed by atoms with Gasteiger partial charge in [-0.15, -0.1) is 0 Å². The lowest BCUT2D eigenvalue weighted by molar-refractivity contribution is -0.120. The first-order chi connectivity index (χ1) is 14.8. The molecule has 0 saturated heterocycles. The van der Waals surface area contributed by atoms with Crippen molar-refractivity contribution in [2.75, 3.05) is 10.2 Å². The molecule has 2 amide bonds. The fourth-order valence-corrected chi connectivity index (χ4v) is 3.66. The van der Waals surface area contributed by atoms with E-state index in [1.54, 1.807) is 30.3 Å². The first kappa shape index (κ1) is 21.1. The number of carbonyl (C=O) groups is 2. The quantitative estimate of drug-likeness (QED) is 0.481. The van der Waals surface area contributed by atoms with Crippen molar-refractivity contribution in [1.29, 1.82) is 0 Å². The van der Waals surface area contributed by atoms with E-state index < -0.39 is 17.6 Å². The van der Waals surface area contributed by atoms with E-state index in [-0.39, 0.29) is 11.3 Å². The summed E-state index contributed by atoms with van der Waals surface area (Å²) in [5.41, 5.74) is 3.24. The Labute approximate surface area is 188 Å². The second kappa shape index (κ2) is 8.17. The van der Waals surface area contributed by atoms with Gasteiger partial charge in [0.25, 0.3) is 11.8 Å². The summed E-state index contributed by atoms with van der Waals surface area (Å²) in [6, 6.07) is 15.6. The van der Waals surface area contributed by atoms with E-state index in [4.69, 9.17) is 23.2 Å². The maximum atomic E-state index is 13.5. The lowest BCUT2D eigenvalue weighted by atomic mass is 10.0. The first-order valence-corrected chi connectivity index (χ1v) is 10.2. The highest BCUT2D eigenvalue weighted by atomic mass is 35.5. The Kier molecular flexibility index (Phi) is 5.56. The Hall–Kier alpha value is -3.15. The van der Waals surface area contributed by atoms with Crippen molar-refractivity contribution >= 4 is 52.0 Å². The third kappa shape index (κ3) is 3.94. The Morgan fingerprint density at radius 1 is 0.806 bits per heavy atom. The summed E-state index contributed by atoms with van der Waals surface area (Å²) in [6.45, 7) is 3.69. The van der Waals surface area contributed by atoms with Crippen LogP contribution in [0.3, 0.4) is 0 Å². The normalized spacial score (nSPS) is 13.9. The third-order valence-corrected chi connectivity index (χ3v) is 5.89. The van der Waals surface area contributed by atoms with E-state index in [1.807, 2.05) is 19.9 Å². The van der Waals surface area contributed by atoms with Gasteiger partial charge in [0, 0.05) is 15.7 Å². The predicted octanol–water partition coefficient (Wildman–Crippen LogP) is 6.15. The van der Waals surface area contributed by atoms with Crippen LogP contribution in [0, 0.1) is 19.7 Å². The minimum Gasteiger partial charge on any atom is -0.350 e. The minimum absolute atomic E-state index is 0.0771.